The van der Waals surface area contributed by atoms with Crippen LogP contribution in [-0.4, -0.2) is 4.98 Å². The third-order valence-corrected chi connectivity index (χ3v) is 3.66. The van der Waals surface area contributed by atoms with Gasteiger partial charge in [0.25, 0.3) is 0 Å². The first-order valence-corrected chi connectivity index (χ1v) is 6.10. The van der Waals surface area contributed by atoms with Gasteiger partial charge in [-0.2, -0.15) is 0 Å². The lowest BCUT2D eigenvalue weighted by molar-refractivity contribution is 0.627. The van der Waals surface area contributed by atoms with E-state index in [1.165, 1.54) is 0 Å². The number of thiophene rings is 1. The molecule has 2 aromatic rings. The highest BCUT2D eigenvalue weighted by molar-refractivity contribution is 9.10. The molecule has 2 aromatic heterocycles. The minimum absolute atomic E-state index is 0.0550. The molecule has 0 aliphatic rings. The first-order chi connectivity index (χ1) is 7.33. The van der Waals surface area contributed by atoms with Gasteiger partial charge in [0, 0.05) is 15.5 Å². The molecule has 2 heterocycles. The Morgan fingerprint density at radius 3 is 2.87 bits per heavy atom. The molecule has 0 saturated carbocycles. The third kappa shape index (κ3) is 2.26. The molecule has 0 aliphatic heterocycles. The van der Waals surface area contributed by atoms with Crippen LogP contribution in [0.25, 0.3) is 0 Å². The molecule has 15 heavy (non-hydrogen) atoms. The molecule has 0 bridgehead atoms. The number of hydrazine groups is 1. The average Bonchev–Trinajstić information content (AvgIpc) is 2.75. The molecule has 3 nitrogen and oxygen atoms in total. The van der Waals surface area contributed by atoms with Crippen LogP contribution < -0.4 is 11.3 Å². The first-order valence-electron chi connectivity index (χ1n) is 4.43. The van der Waals surface area contributed by atoms with Crippen molar-refractivity contribution in [2.45, 2.75) is 6.04 Å². The predicted octanol–water partition coefficient (Wildman–Crippen LogP) is 2.46. The maximum Gasteiger partial charge on any atom is 0.0984 e. The van der Waals surface area contributed by atoms with E-state index >= 15 is 0 Å². The number of aromatic nitrogens is 1. The summed E-state index contributed by atoms with van der Waals surface area (Å²) in [7, 11) is 0. The van der Waals surface area contributed by atoms with Crippen LogP contribution >= 0.6 is 27.3 Å². The number of pyridine rings is 1. The van der Waals surface area contributed by atoms with Crippen LogP contribution in [0.15, 0.2) is 40.3 Å². The number of nitrogens with zero attached hydrogens (tertiary/aromatic N) is 1. The van der Waals surface area contributed by atoms with Crippen molar-refractivity contribution < 1.29 is 0 Å². The predicted molar refractivity (Wildman–Crippen MR) is 65.4 cm³/mol. The topological polar surface area (TPSA) is 50.9 Å². The molecular weight excluding hydrogens is 274 g/mol. The number of nitrogens with one attached hydrogen (secondary N) is 1. The van der Waals surface area contributed by atoms with E-state index in [0.29, 0.717) is 0 Å². The van der Waals surface area contributed by atoms with E-state index in [2.05, 4.69) is 26.3 Å². The highest BCUT2D eigenvalue weighted by Gasteiger charge is 2.16. The van der Waals surface area contributed by atoms with Gasteiger partial charge in [-0.3, -0.25) is 10.8 Å². The second-order valence-corrected chi connectivity index (χ2v) is 4.82. The van der Waals surface area contributed by atoms with Gasteiger partial charge in [-0.05, 0) is 39.5 Å². The van der Waals surface area contributed by atoms with E-state index in [0.717, 1.165) is 15.0 Å². The van der Waals surface area contributed by atoms with Gasteiger partial charge in [-0.15, -0.1) is 11.3 Å². The number of hydrogen-bond acceptors (Lipinski definition) is 4. The van der Waals surface area contributed by atoms with Crippen LogP contribution in [0.5, 0.6) is 0 Å². The zero-order valence-corrected chi connectivity index (χ0v) is 10.3. The van der Waals surface area contributed by atoms with Crippen molar-refractivity contribution in [2.24, 2.45) is 5.84 Å². The molecule has 78 valence electrons. The molecule has 0 aliphatic carbocycles. The van der Waals surface area contributed by atoms with Crippen molar-refractivity contribution in [1.82, 2.24) is 10.4 Å². The van der Waals surface area contributed by atoms with Crippen LogP contribution in [0.3, 0.4) is 0 Å². The van der Waals surface area contributed by atoms with Gasteiger partial charge < -0.3 is 0 Å². The summed E-state index contributed by atoms with van der Waals surface area (Å²) in [6.45, 7) is 0. The van der Waals surface area contributed by atoms with Crippen LogP contribution in [0, 0.1) is 0 Å². The number of hydrogen-bond donors (Lipinski definition) is 2. The largest absolute Gasteiger partial charge is 0.270 e. The molecule has 0 spiro atoms. The molecular formula is C10H10BrN3S. The standard InChI is InChI=1S/C10H10BrN3S/c11-7-3-1-5-13-9(7)10(14-12)8-4-2-6-15-8/h1-6,10,14H,12H2. The highest BCUT2D eigenvalue weighted by Crippen LogP contribution is 2.28. The quantitative estimate of drug-likeness (QED) is 0.672. The minimum Gasteiger partial charge on any atom is -0.270 e. The normalized spacial score (nSPS) is 12.7. The van der Waals surface area contributed by atoms with Gasteiger partial charge in [-0.1, -0.05) is 6.07 Å². The Labute approximate surface area is 100 Å². The van der Waals surface area contributed by atoms with Crippen molar-refractivity contribution in [2.75, 3.05) is 0 Å². The van der Waals surface area contributed by atoms with Gasteiger partial charge in [0.2, 0.25) is 0 Å². The van der Waals surface area contributed by atoms with Gasteiger partial charge in [0.05, 0.1) is 11.7 Å². The number of rotatable bonds is 3. The maximum absolute atomic E-state index is 5.56. The highest BCUT2D eigenvalue weighted by atomic mass is 79.9. The van der Waals surface area contributed by atoms with E-state index in [9.17, 15) is 0 Å². The summed E-state index contributed by atoms with van der Waals surface area (Å²) < 4.78 is 0.960. The SMILES string of the molecule is NNC(c1cccs1)c1ncccc1Br. The fraction of sp³-hybridized carbons (Fsp3) is 0.100. The van der Waals surface area contributed by atoms with Crippen molar-refractivity contribution in [3.8, 4) is 0 Å². The molecule has 0 amide bonds. The fourth-order valence-electron chi connectivity index (χ4n) is 1.36. The lowest BCUT2D eigenvalue weighted by atomic mass is 10.1. The summed E-state index contributed by atoms with van der Waals surface area (Å²) in [4.78, 5) is 5.47. The van der Waals surface area contributed by atoms with Gasteiger partial charge in [0.1, 0.15) is 0 Å². The summed E-state index contributed by atoms with van der Waals surface area (Å²) in [5.41, 5.74) is 3.68. The number of nitrogens with two attached hydrogens (primary N) is 1. The number of halogens is 1. The molecule has 0 aromatic carbocycles. The van der Waals surface area contributed by atoms with Gasteiger partial charge >= 0.3 is 0 Å². The van der Waals surface area contributed by atoms with Crippen LogP contribution in [-0.2, 0) is 0 Å². The molecule has 2 rings (SSSR count). The van der Waals surface area contributed by atoms with Crippen LogP contribution in [0.1, 0.15) is 16.6 Å². The summed E-state index contributed by atoms with van der Waals surface area (Å²) in [6.07, 6.45) is 1.76. The fourth-order valence-corrected chi connectivity index (χ4v) is 2.63. The molecule has 0 saturated heterocycles. The zero-order chi connectivity index (χ0) is 10.7. The molecule has 1 atom stereocenters. The summed E-state index contributed by atoms with van der Waals surface area (Å²) in [5.74, 6) is 5.56. The van der Waals surface area contributed by atoms with E-state index in [4.69, 9.17) is 5.84 Å². The Hall–Kier alpha value is -0.750. The minimum atomic E-state index is -0.0550. The Morgan fingerprint density at radius 1 is 1.40 bits per heavy atom. The molecule has 0 radical (unpaired) electrons. The average molecular weight is 284 g/mol. The zero-order valence-electron chi connectivity index (χ0n) is 7.85. The van der Waals surface area contributed by atoms with E-state index in [1.807, 2.05) is 29.6 Å². The molecule has 0 fully saturated rings. The van der Waals surface area contributed by atoms with Crippen molar-refractivity contribution in [1.29, 1.82) is 0 Å². The lowest BCUT2D eigenvalue weighted by Gasteiger charge is -2.14. The second-order valence-electron chi connectivity index (χ2n) is 2.99. The summed E-state index contributed by atoms with van der Waals surface area (Å²) in [5, 5.41) is 2.02. The Bertz CT molecular complexity index is 430. The van der Waals surface area contributed by atoms with Crippen LogP contribution in [0.2, 0.25) is 0 Å². The summed E-state index contributed by atoms with van der Waals surface area (Å²) >= 11 is 5.13. The van der Waals surface area contributed by atoms with E-state index in [-0.39, 0.29) is 6.04 Å². The lowest BCUT2D eigenvalue weighted by Crippen LogP contribution is -2.29. The molecule has 5 heteroatoms. The Morgan fingerprint density at radius 2 is 2.27 bits per heavy atom. The van der Waals surface area contributed by atoms with Crippen molar-refractivity contribution in [3.63, 3.8) is 0 Å². The smallest absolute Gasteiger partial charge is 0.0984 e. The van der Waals surface area contributed by atoms with Gasteiger partial charge in [-0.25, -0.2) is 5.43 Å². The Kier molecular flexibility index (Phi) is 3.48. The van der Waals surface area contributed by atoms with Crippen molar-refractivity contribution in [3.05, 3.63) is 50.9 Å². The molecule has 1 unspecified atom stereocenters. The van der Waals surface area contributed by atoms with Gasteiger partial charge in [0.15, 0.2) is 0 Å². The summed E-state index contributed by atoms with van der Waals surface area (Å²) in [6, 6.07) is 7.83. The molecule has 3 N–H and O–H groups in total. The van der Waals surface area contributed by atoms with Crippen LogP contribution in [0.4, 0.5) is 0 Å². The second kappa shape index (κ2) is 4.85. The third-order valence-electron chi connectivity index (χ3n) is 2.05. The van der Waals surface area contributed by atoms with Crippen molar-refractivity contribution >= 4 is 27.3 Å². The monoisotopic (exact) mass is 283 g/mol. The first kappa shape index (κ1) is 10.8. The maximum atomic E-state index is 5.56. The Balaban J connectivity index is 2.40. The van der Waals surface area contributed by atoms with E-state index < -0.39 is 0 Å². The van der Waals surface area contributed by atoms with E-state index in [1.54, 1.807) is 17.5 Å².